The van der Waals surface area contributed by atoms with Gasteiger partial charge in [0.05, 0.1) is 10.6 Å². The largest absolute Gasteiger partial charge is 0.302 e. The summed E-state index contributed by atoms with van der Waals surface area (Å²) < 4.78 is 0. The van der Waals surface area contributed by atoms with Crippen molar-refractivity contribution in [2.24, 2.45) is 0 Å². The van der Waals surface area contributed by atoms with E-state index in [-0.39, 0.29) is 24.5 Å². The third kappa shape index (κ3) is 4.04. The number of fused-ring (bicyclic) bond motifs is 1. The number of thiophene rings is 1. The molecule has 0 unspecified atom stereocenters. The number of nitrogens with one attached hydrogen (secondary N) is 1. The minimum atomic E-state index is -0.147. The maximum absolute atomic E-state index is 12.0. The van der Waals surface area contributed by atoms with Gasteiger partial charge in [-0.25, -0.2) is 4.98 Å². The first-order valence-electron chi connectivity index (χ1n) is 7.58. The van der Waals surface area contributed by atoms with Gasteiger partial charge in [-0.3, -0.25) is 9.59 Å². The number of carbonyl (C=O) groups is 2. The Kier molecular flexibility index (Phi) is 4.89. The van der Waals surface area contributed by atoms with Gasteiger partial charge < -0.3 is 10.2 Å². The Labute approximate surface area is 143 Å². The van der Waals surface area contributed by atoms with Gasteiger partial charge in [0.15, 0.2) is 10.9 Å². The second-order valence-corrected chi connectivity index (χ2v) is 8.13. The fourth-order valence-corrected chi connectivity index (χ4v) is 4.43. The van der Waals surface area contributed by atoms with E-state index in [2.05, 4.69) is 22.2 Å². The molecule has 0 saturated heterocycles. The van der Waals surface area contributed by atoms with Crippen molar-refractivity contribution in [2.75, 3.05) is 18.9 Å². The Morgan fingerprint density at radius 2 is 2.13 bits per heavy atom. The van der Waals surface area contributed by atoms with E-state index in [1.807, 2.05) is 19.1 Å². The highest BCUT2D eigenvalue weighted by molar-refractivity contribution is 7.16. The molecule has 122 valence electrons. The van der Waals surface area contributed by atoms with E-state index in [4.69, 9.17) is 0 Å². The predicted molar refractivity (Wildman–Crippen MR) is 93.4 cm³/mol. The molecule has 0 radical (unpaired) electrons. The number of ketones is 1. The number of amides is 1. The lowest BCUT2D eigenvalue weighted by Gasteiger charge is -2.20. The number of aryl methyl sites for hydroxylation is 1. The minimum absolute atomic E-state index is 0.0262. The van der Waals surface area contributed by atoms with E-state index >= 15 is 0 Å². The average Bonchev–Trinajstić information content (AvgIpc) is 3.10. The van der Waals surface area contributed by atoms with Crippen LogP contribution >= 0.6 is 22.7 Å². The Hall–Kier alpha value is -1.57. The summed E-state index contributed by atoms with van der Waals surface area (Å²) in [5.41, 5.74) is 1.09. The molecule has 0 spiro atoms. The molecule has 1 aliphatic heterocycles. The van der Waals surface area contributed by atoms with Crippen molar-refractivity contribution in [3.05, 3.63) is 32.5 Å². The van der Waals surface area contributed by atoms with Crippen LogP contribution in [0.15, 0.2) is 12.1 Å². The lowest BCUT2D eigenvalue weighted by atomic mass is 10.2. The number of hydrogen-bond donors (Lipinski definition) is 1. The van der Waals surface area contributed by atoms with Gasteiger partial charge in [0.1, 0.15) is 0 Å². The quantitative estimate of drug-likeness (QED) is 0.843. The molecule has 1 aliphatic rings. The third-order valence-electron chi connectivity index (χ3n) is 3.76. The summed E-state index contributed by atoms with van der Waals surface area (Å²) >= 11 is 3.01. The average molecular weight is 349 g/mol. The molecule has 2 aromatic rings. The first-order chi connectivity index (χ1) is 11.0. The topological polar surface area (TPSA) is 62.3 Å². The Morgan fingerprint density at radius 3 is 2.87 bits per heavy atom. The molecular weight excluding hydrogens is 330 g/mol. The molecule has 0 atom stereocenters. The molecule has 5 nitrogen and oxygen atoms in total. The zero-order valence-electron chi connectivity index (χ0n) is 13.2. The lowest BCUT2D eigenvalue weighted by molar-refractivity contribution is -0.116. The molecule has 7 heteroatoms. The molecule has 23 heavy (non-hydrogen) atoms. The Bertz CT molecular complexity index is 736. The molecule has 0 saturated carbocycles. The van der Waals surface area contributed by atoms with Gasteiger partial charge in [-0.05, 0) is 26.1 Å². The van der Waals surface area contributed by atoms with Crippen LogP contribution in [0.3, 0.4) is 0 Å². The van der Waals surface area contributed by atoms with E-state index < -0.39 is 0 Å². The zero-order valence-corrected chi connectivity index (χ0v) is 14.9. The van der Waals surface area contributed by atoms with Crippen molar-refractivity contribution in [3.8, 4) is 0 Å². The van der Waals surface area contributed by atoms with Crippen LogP contribution in [0.25, 0.3) is 0 Å². The maximum atomic E-state index is 12.0. The van der Waals surface area contributed by atoms with Crippen LogP contribution in [0.1, 0.15) is 38.0 Å². The van der Waals surface area contributed by atoms with Gasteiger partial charge in [-0.2, -0.15) is 0 Å². The molecule has 0 aliphatic carbocycles. The van der Waals surface area contributed by atoms with Gasteiger partial charge in [-0.15, -0.1) is 22.7 Å². The number of nitrogens with zero attached hydrogens (tertiary/aromatic N) is 2. The number of Topliss-reactive ketones (excluding diaryl/α,β-unsaturated/α-hetero) is 1. The number of aromatic nitrogens is 1. The van der Waals surface area contributed by atoms with Gasteiger partial charge in [0.2, 0.25) is 5.91 Å². The molecule has 2 aromatic heterocycles. The van der Waals surface area contributed by atoms with Crippen molar-refractivity contribution in [3.63, 3.8) is 0 Å². The summed E-state index contributed by atoms with van der Waals surface area (Å²) in [6.07, 6.45) is 1.36. The third-order valence-corrected chi connectivity index (χ3v) is 5.80. The van der Waals surface area contributed by atoms with E-state index in [0.717, 1.165) is 35.0 Å². The van der Waals surface area contributed by atoms with Crippen LogP contribution in [0.4, 0.5) is 5.13 Å². The monoisotopic (exact) mass is 349 g/mol. The normalized spacial score (nSPS) is 14.5. The van der Waals surface area contributed by atoms with E-state index in [1.165, 1.54) is 27.6 Å². The van der Waals surface area contributed by atoms with Crippen LogP contribution < -0.4 is 5.32 Å². The summed E-state index contributed by atoms with van der Waals surface area (Å²) in [5, 5.41) is 3.48. The lowest BCUT2D eigenvalue weighted by Crippen LogP contribution is -2.25. The summed E-state index contributed by atoms with van der Waals surface area (Å²) in [6.45, 7) is 3.85. The van der Waals surface area contributed by atoms with Gasteiger partial charge in [0, 0.05) is 42.1 Å². The minimum Gasteiger partial charge on any atom is -0.302 e. The van der Waals surface area contributed by atoms with Crippen molar-refractivity contribution in [2.45, 2.75) is 32.7 Å². The Balaban J connectivity index is 1.52. The van der Waals surface area contributed by atoms with E-state index in [0.29, 0.717) is 5.13 Å². The second-order valence-electron chi connectivity index (χ2n) is 5.76. The van der Waals surface area contributed by atoms with Gasteiger partial charge in [0.25, 0.3) is 0 Å². The van der Waals surface area contributed by atoms with Crippen molar-refractivity contribution in [1.29, 1.82) is 0 Å². The highest BCUT2D eigenvalue weighted by atomic mass is 32.1. The molecule has 1 N–H and O–H groups in total. The summed E-state index contributed by atoms with van der Waals surface area (Å²) in [5.74, 6) is -0.121. The first kappa shape index (κ1) is 16.3. The van der Waals surface area contributed by atoms with Crippen molar-refractivity contribution >= 4 is 39.5 Å². The summed E-state index contributed by atoms with van der Waals surface area (Å²) in [6, 6.07) is 3.75. The highest BCUT2D eigenvalue weighted by Crippen LogP contribution is 2.27. The molecule has 3 heterocycles. The molecule has 1 amide bonds. The fraction of sp³-hybridized carbons (Fsp3) is 0.438. The molecule has 0 bridgehead atoms. The predicted octanol–water partition coefficient (Wildman–Crippen LogP) is 3.10. The number of thiazole rings is 1. The van der Waals surface area contributed by atoms with E-state index in [1.54, 1.807) is 0 Å². The van der Waals surface area contributed by atoms with Gasteiger partial charge >= 0.3 is 0 Å². The van der Waals surface area contributed by atoms with Crippen LogP contribution in [-0.4, -0.2) is 35.2 Å². The molecule has 0 aromatic carbocycles. The summed E-state index contributed by atoms with van der Waals surface area (Å²) in [7, 11) is 2.08. The molecule has 0 fully saturated rings. The van der Waals surface area contributed by atoms with Crippen LogP contribution in [0, 0.1) is 6.92 Å². The summed E-state index contributed by atoms with van der Waals surface area (Å²) in [4.78, 5) is 33.8. The van der Waals surface area contributed by atoms with Crippen molar-refractivity contribution in [1.82, 2.24) is 9.88 Å². The number of rotatable bonds is 5. The number of carbonyl (C=O) groups excluding carboxylic acids is 2. The van der Waals surface area contributed by atoms with E-state index in [9.17, 15) is 9.59 Å². The molecule has 3 rings (SSSR count). The SMILES string of the molecule is Cc1ccc(C(=O)CCC(=O)Nc2nc3c(s2)CN(C)CC3)s1. The highest BCUT2D eigenvalue weighted by Gasteiger charge is 2.19. The first-order valence-corrected chi connectivity index (χ1v) is 9.21. The second kappa shape index (κ2) is 6.90. The standard InChI is InChI=1S/C16H19N3O2S2/c1-10-3-5-13(22-10)12(20)4-6-15(21)18-16-17-11-7-8-19(2)9-14(11)23-16/h3,5H,4,6-9H2,1-2H3,(H,17,18,21). The number of anilines is 1. The maximum Gasteiger partial charge on any atom is 0.226 e. The van der Waals surface area contributed by atoms with Crippen molar-refractivity contribution < 1.29 is 9.59 Å². The zero-order chi connectivity index (χ0) is 16.4. The van der Waals surface area contributed by atoms with Gasteiger partial charge in [-0.1, -0.05) is 0 Å². The number of likely N-dealkylation sites (N-methyl/N-ethyl adjacent to an activating group) is 1. The fourth-order valence-electron chi connectivity index (χ4n) is 2.49. The van der Waals surface area contributed by atoms with Crippen LogP contribution in [-0.2, 0) is 17.8 Å². The smallest absolute Gasteiger partial charge is 0.226 e. The number of hydrogen-bond acceptors (Lipinski definition) is 6. The van der Waals surface area contributed by atoms with Crippen LogP contribution in [0.2, 0.25) is 0 Å². The molecular formula is C16H19N3O2S2. The van der Waals surface area contributed by atoms with Crippen LogP contribution in [0.5, 0.6) is 0 Å². The Morgan fingerprint density at radius 1 is 1.30 bits per heavy atom.